The molecule has 0 saturated carbocycles. The van der Waals surface area contributed by atoms with Crippen LogP contribution in [-0.2, 0) is 6.54 Å². The van der Waals surface area contributed by atoms with Gasteiger partial charge in [-0.1, -0.05) is 24.3 Å². The number of nitrogens with zero attached hydrogens (tertiary/aromatic N) is 3. The van der Waals surface area contributed by atoms with Crippen molar-refractivity contribution in [2.24, 2.45) is 0 Å². The summed E-state index contributed by atoms with van der Waals surface area (Å²) in [5.41, 5.74) is 1.74. The molecule has 0 fully saturated rings. The van der Waals surface area contributed by atoms with Crippen molar-refractivity contribution in [3.05, 3.63) is 101 Å². The smallest absolute Gasteiger partial charge is 0.255 e. The number of halogens is 3. The number of hydrogen-bond donors (Lipinski definition) is 1. The Morgan fingerprint density at radius 1 is 0.968 bits per heavy atom. The van der Waals surface area contributed by atoms with Gasteiger partial charge in [0, 0.05) is 10.5 Å². The lowest BCUT2D eigenvalue weighted by Crippen LogP contribution is -2.12. The minimum absolute atomic E-state index is 0.0810. The molecular formula is C22H15ClF2N4OS. The van der Waals surface area contributed by atoms with Crippen molar-refractivity contribution in [2.45, 2.75) is 16.6 Å². The van der Waals surface area contributed by atoms with Crippen molar-refractivity contribution < 1.29 is 13.6 Å². The van der Waals surface area contributed by atoms with Crippen LogP contribution in [0, 0.1) is 11.6 Å². The molecule has 0 unspecified atom stereocenters. The quantitative estimate of drug-likeness (QED) is 0.406. The molecule has 1 heterocycles. The van der Waals surface area contributed by atoms with E-state index in [-0.39, 0.29) is 17.0 Å². The van der Waals surface area contributed by atoms with E-state index in [1.165, 1.54) is 48.2 Å². The molecule has 4 aromatic rings. The normalized spacial score (nSPS) is 10.8. The monoisotopic (exact) mass is 456 g/mol. The zero-order valence-electron chi connectivity index (χ0n) is 15.9. The first-order chi connectivity index (χ1) is 15.0. The number of hydrogen-bond acceptors (Lipinski definition) is 4. The topological polar surface area (TPSA) is 59.8 Å². The van der Waals surface area contributed by atoms with Gasteiger partial charge in [-0.25, -0.2) is 13.5 Å². The van der Waals surface area contributed by atoms with Crippen LogP contribution in [0.4, 0.5) is 14.5 Å². The van der Waals surface area contributed by atoms with Gasteiger partial charge in [0.05, 0.1) is 12.2 Å². The number of amides is 1. The lowest BCUT2D eigenvalue weighted by atomic mass is 10.2. The van der Waals surface area contributed by atoms with Gasteiger partial charge in [0.15, 0.2) is 5.16 Å². The minimum Gasteiger partial charge on any atom is -0.321 e. The third-order valence-electron chi connectivity index (χ3n) is 4.30. The molecule has 0 aliphatic rings. The molecule has 0 spiro atoms. The number of rotatable bonds is 6. The third-order valence-corrected chi connectivity index (χ3v) is 5.52. The summed E-state index contributed by atoms with van der Waals surface area (Å²) in [5, 5.41) is 7.63. The van der Waals surface area contributed by atoms with Gasteiger partial charge in [0.1, 0.15) is 11.6 Å². The van der Waals surface area contributed by atoms with Crippen molar-refractivity contribution in [3.63, 3.8) is 0 Å². The van der Waals surface area contributed by atoms with E-state index in [2.05, 4.69) is 15.4 Å². The second-order valence-electron chi connectivity index (χ2n) is 6.51. The van der Waals surface area contributed by atoms with Crippen LogP contribution in [0.1, 0.15) is 15.9 Å². The number of nitrogens with one attached hydrogen (secondary N) is 1. The van der Waals surface area contributed by atoms with E-state index in [1.807, 2.05) is 12.1 Å². The van der Waals surface area contributed by atoms with Crippen LogP contribution in [0.25, 0.3) is 0 Å². The van der Waals surface area contributed by atoms with Gasteiger partial charge in [-0.15, -0.1) is 5.10 Å². The maximum Gasteiger partial charge on any atom is 0.255 e. The van der Waals surface area contributed by atoms with Crippen LogP contribution >= 0.6 is 23.4 Å². The van der Waals surface area contributed by atoms with Gasteiger partial charge in [-0.2, -0.15) is 4.98 Å². The number of para-hydroxylation sites is 1. The highest BCUT2D eigenvalue weighted by molar-refractivity contribution is 7.99. The number of benzene rings is 3. The predicted molar refractivity (Wildman–Crippen MR) is 115 cm³/mol. The molecule has 4 rings (SSSR count). The fourth-order valence-electron chi connectivity index (χ4n) is 2.80. The average molecular weight is 457 g/mol. The molecule has 1 aromatic heterocycles. The van der Waals surface area contributed by atoms with E-state index in [4.69, 9.17) is 11.6 Å². The summed E-state index contributed by atoms with van der Waals surface area (Å²) in [6.45, 7) is 0.354. The zero-order chi connectivity index (χ0) is 21.8. The van der Waals surface area contributed by atoms with Crippen molar-refractivity contribution in [1.29, 1.82) is 0 Å². The fraction of sp³-hybridized carbons (Fsp3) is 0.0455. The summed E-state index contributed by atoms with van der Waals surface area (Å²) in [6, 6.07) is 18.6. The second-order valence-corrected chi connectivity index (χ2v) is 7.85. The highest BCUT2D eigenvalue weighted by Crippen LogP contribution is 2.33. The molecule has 0 atom stereocenters. The van der Waals surface area contributed by atoms with Crippen molar-refractivity contribution >= 4 is 35.0 Å². The second kappa shape index (κ2) is 9.28. The van der Waals surface area contributed by atoms with E-state index in [1.54, 1.807) is 28.9 Å². The summed E-state index contributed by atoms with van der Waals surface area (Å²) in [6.07, 6.45) is 0. The summed E-state index contributed by atoms with van der Waals surface area (Å²) in [7, 11) is 0. The summed E-state index contributed by atoms with van der Waals surface area (Å²) in [5.74, 6) is -1.09. The number of aromatic nitrogens is 3. The Morgan fingerprint density at radius 2 is 1.61 bits per heavy atom. The minimum atomic E-state index is -0.412. The molecule has 156 valence electrons. The van der Waals surface area contributed by atoms with Crippen molar-refractivity contribution in [3.8, 4) is 0 Å². The van der Waals surface area contributed by atoms with Gasteiger partial charge >= 0.3 is 0 Å². The first-order valence-corrected chi connectivity index (χ1v) is 10.4. The van der Waals surface area contributed by atoms with E-state index >= 15 is 0 Å². The molecule has 0 radical (unpaired) electrons. The van der Waals surface area contributed by atoms with Gasteiger partial charge < -0.3 is 5.32 Å². The van der Waals surface area contributed by atoms with Gasteiger partial charge in [0.2, 0.25) is 5.28 Å². The lowest BCUT2D eigenvalue weighted by molar-refractivity contribution is 0.102. The average Bonchev–Trinajstić information content (AvgIpc) is 3.10. The van der Waals surface area contributed by atoms with Crippen LogP contribution in [-0.4, -0.2) is 20.7 Å². The van der Waals surface area contributed by atoms with E-state index < -0.39 is 5.82 Å². The Kier molecular flexibility index (Phi) is 6.29. The Balaban J connectivity index is 1.56. The van der Waals surface area contributed by atoms with Crippen molar-refractivity contribution in [2.75, 3.05) is 5.32 Å². The van der Waals surface area contributed by atoms with E-state index in [0.717, 1.165) is 10.5 Å². The molecule has 31 heavy (non-hydrogen) atoms. The van der Waals surface area contributed by atoms with Gasteiger partial charge in [-0.05, 0) is 77.5 Å². The molecule has 9 heteroatoms. The predicted octanol–water partition coefficient (Wildman–Crippen LogP) is 5.66. The van der Waals surface area contributed by atoms with Crippen LogP contribution in [0.3, 0.4) is 0 Å². The Morgan fingerprint density at radius 3 is 2.32 bits per heavy atom. The first kappa shape index (κ1) is 21.0. The molecule has 0 aliphatic heterocycles. The number of carbonyl (C=O) groups excluding carboxylic acids is 1. The summed E-state index contributed by atoms with van der Waals surface area (Å²) >= 11 is 7.30. The van der Waals surface area contributed by atoms with E-state index in [9.17, 15) is 13.6 Å². The largest absolute Gasteiger partial charge is 0.321 e. The summed E-state index contributed by atoms with van der Waals surface area (Å²) < 4.78 is 27.9. The Labute approximate surface area is 186 Å². The SMILES string of the molecule is O=C(Nc1ccccc1Sc1nc(Cl)nn1Cc1ccc(F)cc1)c1ccc(F)cc1. The molecular weight excluding hydrogens is 442 g/mol. The molecule has 0 saturated heterocycles. The molecule has 3 aromatic carbocycles. The Bertz CT molecular complexity index is 1210. The highest BCUT2D eigenvalue weighted by atomic mass is 35.5. The molecule has 0 aliphatic carbocycles. The molecule has 5 nitrogen and oxygen atoms in total. The van der Waals surface area contributed by atoms with Crippen LogP contribution in [0.2, 0.25) is 5.28 Å². The molecule has 1 N–H and O–H groups in total. The number of anilines is 1. The van der Waals surface area contributed by atoms with Crippen LogP contribution in [0.5, 0.6) is 0 Å². The fourth-order valence-corrected chi connectivity index (χ4v) is 3.93. The molecule has 1 amide bonds. The van der Waals surface area contributed by atoms with Crippen molar-refractivity contribution in [1.82, 2.24) is 14.8 Å². The third kappa shape index (κ3) is 5.28. The standard InChI is InChI=1S/C22H15ClF2N4OS/c23-21-27-22(29(28-21)13-14-5-9-16(24)10-6-14)31-19-4-2-1-3-18(19)26-20(30)15-7-11-17(25)12-8-15/h1-12H,13H2,(H,26,30). The van der Waals surface area contributed by atoms with Crippen LogP contribution in [0.15, 0.2) is 82.8 Å². The van der Waals surface area contributed by atoms with Gasteiger partial charge in [0.25, 0.3) is 5.91 Å². The van der Waals surface area contributed by atoms with Gasteiger partial charge in [-0.3, -0.25) is 4.79 Å². The Hall–Kier alpha value is -3.23. The lowest BCUT2D eigenvalue weighted by Gasteiger charge is -2.11. The molecule has 0 bridgehead atoms. The zero-order valence-corrected chi connectivity index (χ0v) is 17.5. The maximum absolute atomic E-state index is 13.2. The van der Waals surface area contributed by atoms with E-state index in [0.29, 0.717) is 23.0 Å². The summed E-state index contributed by atoms with van der Waals surface area (Å²) in [4.78, 5) is 17.5. The maximum atomic E-state index is 13.2. The number of carbonyl (C=O) groups is 1. The highest BCUT2D eigenvalue weighted by Gasteiger charge is 2.15. The van der Waals surface area contributed by atoms with Crippen LogP contribution < -0.4 is 5.32 Å². The first-order valence-electron chi connectivity index (χ1n) is 9.16.